The van der Waals surface area contributed by atoms with E-state index in [1.807, 2.05) is 4.52 Å². The van der Waals surface area contributed by atoms with Gasteiger partial charge < -0.3 is 20.0 Å². The maximum Gasteiger partial charge on any atom is 0.257 e. The molecule has 2 fully saturated rings. The van der Waals surface area contributed by atoms with Crippen LogP contribution < -0.4 is 15.6 Å². The zero-order chi connectivity index (χ0) is 24.2. The zero-order valence-electron chi connectivity index (χ0n) is 20.6. The Morgan fingerprint density at radius 2 is 1.89 bits per heavy atom. The van der Waals surface area contributed by atoms with Crippen molar-refractivity contribution in [1.29, 1.82) is 0 Å². The number of rotatable bonds is 8. The quantitative estimate of drug-likeness (QED) is 0.493. The van der Waals surface area contributed by atoms with Crippen LogP contribution in [0.3, 0.4) is 0 Å². The number of hydrogen-bond donors (Lipinski definition) is 2. The second-order valence-corrected chi connectivity index (χ2v) is 10.2. The first-order chi connectivity index (χ1) is 17.1. The van der Waals surface area contributed by atoms with E-state index in [9.17, 15) is 5.11 Å². The van der Waals surface area contributed by atoms with Crippen molar-refractivity contribution in [2.45, 2.75) is 63.8 Å². The third kappa shape index (κ3) is 5.84. The molecule has 2 aliphatic rings. The Kier molecular flexibility index (Phi) is 7.63. The van der Waals surface area contributed by atoms with Crippen molar-refractivity contribution in [3.05, 3.63) is 48.2 Å². The summed E-state index contributed by atoms with van der Waals surface area (Å²) in [7, 11) is 6.31. The predicted molar refractivity (Wildman–Crippen MR) is 143 cm³/mol. The Hall–Kier alpha value is -2.51. The van der Waals surface area contributed by atoms with Crippen molar-refractivity contribution in [3.8, 4) is 0 Å². The lowest BCUT2D eigenvalue weighted by Crippen LogP contribution is -2.44. The van der Waals surface area contributed by atoms with Gasteiger partial charge >= 0.3 is 0 Å². The molecule has 1 aliphatic heterocycles. The summed E-state index contributed by atoms with van der Waals surface area (Å²) in [6, 6.07) is 13.1. The highest BCUT2D eigenvalue weighted by molar-refractivity contribution is 6.61. The lowest BCUT2D eigenvalue weighted by molar-refractivity contribution is 0.0904. The molecule has 3 aromatic rings. The van der Waals surface area contributed by atoms with Crippen molar-refractivity contribution < 1.29 is 9.84 Å². The molecular weight excluding hydrogens is 436 g/mol. The minimum absolute atomic E-state index is 0.157. The molecule has 5 rings (SSSR count). The third-order valence-corrected chi connectivity index (χ3v) is 7.53. The summed E-state index contributed by atoms with van der Waals surface area (Å²) >= 11 is 0. The maximum atomic E-state index is 10.1. The van der Waals surface area contributed by atoms with Crippen molar-refractivity contribution >= 4 is 37.4 Å². The van der Waals surface area contributed by atoms with E-state index in [4.69, 9.17) is 17.6 Å². The number of aromatic nitrogens is 3. The number of nitrogens with one attached hydrogen (secondary N) is 1. The van der Waals surface area contributed by atoms with Crippen molar-refractivity contribution in [3.63, 3.8) is 0 Å². The first-order valence-electron chi connectivity index (χ1n) is 13.0. The highest BCUT2D eigenvalue weighted by Crippen LogP contribution is 2.29. The van der Waals surface area contributed by atoms with Crippen LogP contribution in [0.25, 0.3) is 5.65 Å². The normalized spacial score (nSPS) is 21.2. The highest BCUT2D eigenvalue weighted by Gasteiger charge is 2.28. The van der Waals surface area contributed by atoms with Crippen LogP contribution in [0, 0.1) is 5.92 Å². The molecule has 1 aliphatic carbocycles. The first kappa shape index (κ1) is 24.2. The number of anilines is 2. The molecule has 1 aromatic carbocycles. The summed E-state index contributed by atoms with van der Waals surface area (Å²) in [5.41, 5.74) is 2.58. The molecule has 35 heavy (non-hydrogen) atoms. The van der Waals surface area contributed by atoms with Gasteiger partial charge in [-0.25, -0.2) is 9.50 Å². The molecule has 0 unspecified atom stereocenters. The fourth-order valence-electron chi connectivity index (χ4n) is 5.46. The monoisotopic (exact) mass is 471 g/mol. The smallest absolute Gasteiger partial charge is 0.257 e. The van der Waals surface area contributed by atoms with Gasteiger partial charge in [0.05, 0.1) is 6.10 Å². The van der Waals surface area contributed by atoms with Crippen molar-refractivity contribution in [2.24, 2.45) is 5.92 Å². The average molecular weight is 471 g/mol. The lowest BCUT2D eigenvalue weighted by atomic mass is 9.57. The van der Waals surface area contributed by atoms with E-state index in [0.29, 0.717) is 23.1 Å². The van der Waals surface area contributed by atoms with Gasteiger partial charge in [0.25, 0.3) is 6.85 Å². The second kappa shape index (κ2) is 11.0. The van der Waals surface area contributed by atoms with Crippen LogP contribution in [-0.2, 0) is 11.1 Å². The molecule has 0 atom stereocenters. The maximum absolute atomic E-state index is 10.1. The Labute approximate surface area is 209 Å². The van der Waals surface area contributed by atoms with Gasteiger partial charge in [-0.1, -0.05) is 42.7 Å². The average Bonchev–Trinajstić information content (AvgIpc) is 3.25. The number of ether oxygens (including phenoxy) is 1. The second-order valence-electron chi connectivity index (χ2n) is 10.2. The molecule has 2 radical (unpaired) electrons. The Morgan fingerprint density at radius 1 is 1.14 bits per heavy atom. The number of benzene rings is 1. The van der Waals surface area contributed by atoms with Gasteiger partial charge in [0.1, 0.15) is 19.5 Å². The predicted octanol–water partition coefficient (Wildman–Crippen LogP) is 2.87. The first-order valence-corrected chi connectivity index (χ1v) is 13.0. The number of hydrogen-bond acceptors (Lipinski definition) is 6. The van der Waals surface area contributed by atoms with Crippen LogP contribution in [0.4, 0.5) is 11.6 Å². The van der Waals surface area contributed by atoms with Gasteiger partial charge in [-0.3, -0.25) is 0 Å². The number of aliphatic hydroxyl groups is 1. The van der Waals surface area contributed by atoms with E-state index in [1.165, 1.54) is 5.56 Å². The summed E-state index contributed by atoms with van der Waals surface area (Å²) in [6.45, 7) is 4.99. The standard InChI is InChI=1S/C26H35B2N5O2/c1-28(16-19-5-3-2-4-6-19)32(18-20-7-9-22(34)10-8-20)25-15-24(30-21-11-13-35-14-12-21)31-26-23(27)17-29-33(25)26/h2-6,15,17,20-22,34H,7-14,16,18H2,1H3,(H,30,31). The Morgan fingerprint density at radius 3 is 2.63 bits per heavy atom. The van der Waals surface area contributed by atoms with E-state index in [1.54, 1.807) is 6.20 Å². The summed E-state index contributed by atoms with van der Waals surface area (Å²) < 4.78 is 7.43. The Balaban J connectivity index is 1.49. The lowest BCUT2D eigenvalue weighted by Gasteiger charge is -2.36. The summed E-state index contributed by atoms with van der Waals surface area (Å²) in [6.07, 6.45) is 8.24. The zero-order valence-corrected chi connectivity index (χ0v) is 20.6. The summed E-state index contributed by atoms with van der Waals surface area (Å²) in [5, 5.41) is 18.3. The molecule has 2 aromatic heterocycles. The van der Waals surface area contributed by atoms with Gasteiger partial charge in [-0.2, -0.15) is 5.10 Å². The molecular formula is C26H35B2N5O2. The fraction of sp³-hybridized carbons (Fsp3) is 0.538. The van der Waals surface area contributed by atoms with Crippen LogP contribution in [0.1, 0.15) is 44.1 Å². The van der Waals surface area contributed by atoms with Gasteiger partial charge in [-0.05, 0) is 56.2 Å². The Bertz CT molecular complexity index is 1100. The molecule has 0 spiro atoms. The topological polar surface area (TPSA) is 74.9 Å². The molecule has 3 heterocycles. The van der Waals surface area contributed by atoms with E-state index >= 15 is 0 Å². The van der Waals surface area contributed by atoms with Crippen LogP contribution in [0.15, 0.2) is 42.6 Å². The number of nitrogens with zero attached hydrogens (tertiary/aromatic N) is 4. The molecule has 1 saturated heterocycles. The van der Waals surface area contributed by atoms with Crippen molar-refractivity contribution in [2.75, 3.05) is 29.9 Å². The SMILES string of the molecule is [B]c1cnn2c(N(CC3CCC(O)CC3)B(C)Cc3ccccc3)cc(NC3CCOCC3)nc12. The van der Waals surface area contributed by atoms with Gasteiger partial charge in [-0.15, -0.1) is 0 Å². The fourth-order valence-corrected chi connectivity index (χ4v) is 5.46. The van der Waals surface area contributed by atoms with Gasteiger partial charge in [0, 0.05) is 38.1 Å². The van der Waals surface area contributed by atoms with Crippen LogP contribution >= 0.6 is 0 Å². The van der Waals surface area contributed by atoms with Crippen LogP contribution in [0.2, 0.25) is 6.82 Å². The minimum Gasteiger partial charge on any atom is -0.400 e. The van der Waals surface area contributed by atoms with E-state index < -0.39 is 0 Å². The third-order valence-electron chi connectivity index (χ3n) is 7.53. The molecule has 182 valence electrons. The summed E-state index contributed by atoms with van der Waals surface area (Å²) in [4.78, 5) is 7.31. The molecule has 2 N–H and O–H groups in total. The molecule has 0 amide bonds. The number of aliphatic hydroxyl groups excluding tert-OH is 1. The van der Waals surface area contributed by atoms with E-state index in [2.05, 4.69) is 58.4 Å². The van der Waals surface area contributed by atoms with Gasteiger partial charge in [0.2, 0.25) is 0 Å². The highest BCUT2D eigenvalue weighted by atomic mass is 16.5. The molecule has 0 bridgehead atoms. The largest absolute Gasteiger partial charge is 0.400 e. The van der Waals surface area contributed by atoms with Crippen molar-refractivity contribution in [1.82, 2.24) is 14.6 Å². The molecule has 9 heteroatoms. The van der Waals surface area contributed by atoms with E-state index in [-0.39, 0.29) is 13.0 Å². The number of fused-ring (bicyclic) bond motifs is 1. The van der Waals surface area contributed by atoms with Crippen LogP contribution in [-0.4, -0.2) is 66.3 Å². The molecule has 1 saturated carbocycles. The van der Waals surface area contributed by atoms with Gasteiger partial charge in [0.15, 0.2) is 5.65 Å². The van der Waals surface area contributed by atoms with Crippen LogP contribution in [0.5, 0.6) is 0 Å². The minimum atomic E-state index is -0.157. The molecule has 7 nitrogen and oxygen atoms in total. The van der Waals surface area contributed by atoms with E-state index in [0.717, 1.165) is 76.2 Å². The summed E-state index contributed by atoms with van der Waals surface area (Å²) in [5.74, 6) is 2.37.